The molecule has 1 rings (SSSR count). The number of ether oxygens (including phenoxy) is 1. The van der Waals surface area contributed by atoms with Crippen LogP contribution in [0.25, 0.3) is 0 Å². The van der Waals surface area contributed by atoms with E-state index < -0.39 is 0 Å². The Morgan fingerprint density at radius 3 is 2.56 bits per heavy atom. The van der Waals surface area contributed by atoms with E-state index in [9.17, 15) is 4.79 Å². The van der Waals surface area contributed by atoms with E-state index in [1.54, 1.807) is 0 Å². The second-order valence-corrected chi connectivity index (χ2v) is 5.86. The highest BCUT2D eigenvalue weighted by atomic mass is 16.6. The maximum atomic E-state index is 11.9. The predicted octanol–water partition coefficient (Wildman–Crippen LogP) is 2.49. The molecule has 1 fully saturated rings. The molecule has 3 nitrogen and oxygen atoms in total. The molecule has 1 N–H and O–H groups in total. The molecule has 94 valence electrons. The Morgan fingerprint density at radius 2 is 2.06 bits per heavy atom. The summed E-state index contributed by atoms with van der Waals surface area (Å²) in [6.45, 7) is 10.1. The Labute approximate surface area is 98.9 Å². The summed E-state index contributed by atoms with van der Waals surface area (Å²) < 4.78 is 5.39. The summed E-state index contributed by atoms with van der Waals surface area (Å²) in [5.74, 6) is 0.468. The molecule has 0 aromatic heterocycles. The minimum absolute atomic E-state index is 0.0991. The van der Waals surface area contributed by atoms with Gasteiger partial charge in [-0.15, -0.1) is 0 Å². The van der Waals surface area contributed by atoms with Crippen LogP contribution in [0.2, 0.25) is 0 Å². The van der Waals surface area contributed by atoms with Crippen LogP contribution in [0.3, 0.4) is 0 Å². The third-order valence-electron chi connectivity index (χ3n) is 3.00. The molecule has 0 amide bonds. The van der Waals surface area contributed by atoms with Crippen molar-refractivity contribution in [3.63, 3.8) is 0 Å². The van der Waals surface area contributed by atoms with Crippen LogP contribution in [0.15, 0.2) is 0 Å². The van der Waals surface area contributed by atoms with Gasteiger partial charge in [0, 0.05) is 6.04 Å². The Morgan fingerprint density at radius 1 is 1.44 bits per heavy atom. The van der Waals surface area contributed by atoms with Crippen molar-refractivity contribution in [1.82, 2.24) is 5.32 Å². The van der Waals surface area contributed by atoms with Crippen LogP contribution >= 0.6 is 0 Å². The number of esters is 1. The second kappa shape index (κ2) is 5.17. The molecule has 3 heteroatoms. The monoisotopic (exact) mass is 227 g/mol. The first-order valence-corrected chi connectivity index (χ1v) is 6.32. The predicted molar refractivity (Wildman–Crippen MR) is 65.2 cm³/mol. The zero-order chi connectivity index (χ0) is 12.3. The lowest BCUT2D eigenvalue weighted by Crippen LogP contribution is -2.40. The summed E-state index contributed by atoms with van der Waals surface area (Å²) in [5, 5.41) is 3.39. The molecule has 1 heterocycles. The van der Waals surface area contributed by atoms with Crippen LogP contribution in [0.5, 0.6) is 0 Å². The van der Waals surface area contributed by atoms with E-state index in [2.05, 4.69) is 19.2 Å². The molecule has 0 aliphatic carbocycles. The third-order valence-corrected chi connectivity index (χ3v) is 3.00. The van der Waals surface area contributed by atoms with E-state index in [0.717, 1.165) is 19.3 Å². The highest BCUT2D eigenvalue weighted by Crippen LogP contribution is 2.24. The lowest BCUT2D eigenvalue weighted by atomic mass is 9.98. The van der Waals surface area contributed by atoms with Crippen molar-refractivity contribution in [2.24, 2.45) is 5.92 Å². The van der Waals surface area contributed by atoms with Gasteiger partial charge in [0.1, 0.15) is 11.6 Å². The molecular weight excluding hydrogens is 202 g/mol. The van der Waals surface area contributed by atoms with Crippen molar-refractivity contribution in [3.05, 3.63) is 0 Å². The van der Waals surface area contributed by atoms with Gasteiger partial charge in [0.2, 0.25) is 0 Å². The quantitative estimate of drug-likeness (QED) is 0.753. The Bertz CT molecular complexity index is 245. The number of nitrogens with one attached hydrogen (secondary N) is 1. The van der Waals surface area contributed by atoms with E-state index in [0.29, 0.717) is 12.0 Å². The minimum atomic E-state index is -0.384. The summed E-state index contributed by atoms with van der Waals surface area (Å²) in [4.78, 5) is 11.9. The van der Waals surface area contributed by atoms with Crippen LogP contribution in [-0.2, 0) is 9.53 Å². The molecule has 1 aliphatic heterocycles. The SMILES string of the molecule is CCCC1NC(C(=O)OC(C)(C)C)CC1C. The average Bonchev–Trinajstić information content (AvgIpc) is 2.46. The molecule has 0 bridgehead atoms. The van der Waals surface area contributed by atoms with Gasteiger partial charge < -0.3 is 10.1 Å². The van der Waals surface area contributed by atoms with Crippen molar-refractivity contribution in [2.75, 3.05) is 0 Å². The van der Waals surface area contributed by atoms with Gasteiger partial charge in [-0.25, -0.2) is 0 Å². The topological polar surface area (TPSA) is 38.3 Å². The van der Waals surface area contributed by atoms with E-state index in [1.165, 1.54) is 0 Å². The number of carbonyl (C=O) groups is 1. The van der Waals surface area contributed by atoms with Crippen molar-refractivity contribution in [1.29, 1.82) is 0 Å². The first-order valence-electron chi connectivity index (χ1n) is 6.32. The summed E-state index contributed by atoms with van der Waals surface area (Å²) in [7, 11) is 0. The van der Waals surface area contributed by atoms with Crippen LogP contribution in [0.1, 0.15) is 53.9 Å². The first-order chi connectivity index (χ1) is 7.33. The lowest BCUT2D eigenvalue weighted by molar-refractivity contribution is -0.157. The highest BCUT2D eigenvalue weighted by Gasteiger charge is 2.36. The molecular formula is C13H25NO2. The smallest absolute Gasteiger partial charge is 0.323 e. The molecule has 3 atom stereocenters. The van der Waals surface area contributed by atoms with Crippen molar-refractivity contribution in [3.8, 4) is 0 Å². The van der Waals surface area contributed by atoms with Gasteiger partial charge in [-0.1, -0.05) is 20.3 Å². The number of hydrogen-bond acceptors (Lipinski definition) is 3. The van der Waals surface area contributed by atoms with E-state index in [-0.39, 0.29) is 17.6 Å². The molecule has 16 heavy (non-hydrogen) atoms. The van der Waals surface area contributed by atoms with Gasteiger partial charge >= 0.3 is 5.97 Å². The summed E-state index contributed by atoms with van der Waals surface area (Å²) in [6, 6.07) is 0.369. The highest BCUT2D eigenvalue weighted by molar-refractivity contribution is 5.76. The van der Waals surface area contributed by atoms with Crippen molar-refractivity contribution < 1.29 is 9.53 Å². The van der Waals surface area contributed by atoms with E-state index >= 15 is 0 Å². The van der Waals surface area contributed by atoms with Gasteiger partial charge in [0.05, 0.1) is 0 Å². The second-order valence-electron chi connectivity index (χ2n) is 5.86. The fourth-order valence-electron chi connectivity index (χ4n) is 2.24. The molecule has 3 unspecified atom stereocenters. The zero-order valence-corrected chi connectivity index (χ0v) is 11.2. The van der Waals surface area contributed by atoms with Gasteiger partial charge in [0.25, 0.3) is 0 Å². The van der Waals surface area contributed by atoms with Crippen LogP contribution in [-0.4, -0.2) is 23.7 Å². The molecule has 0 aromatic rings. The zero-order valence-electron chi connectivity index (χ0n) is 11.2. The van der Waals surface area contributed by atoms with Gasteiger partial charge in [-0.3, -0.25) is 4.79 Å². The lowest BCUT2D eigenvalue weighted by Gasteiger charge is -2.22. The van der Waals surface area contributed by atoms with Crippen molar-refractivity contribution in [2.45, 2.75) is 71.6 Å². The molecule has 0 radical (unpaired) electrons. The fraction of sp³-hybridized carbons (Fsp3) is 0.923. The number of hydrogen-bond donors (Lipinski definition) is 1. The van der Waals surface area contributed by atoms with Gasteiger partial charge in [0.15, 0.2) is 0 Å². The van der Waals surface area contributed by atoms with Crippen molar-refractivity contribution >= 4 is 5.97 Å². The Hall–Kier alpha value is -0.570. The van der Waals surface area contributed by atoms with Crippen LogP contribution < -0.4 is 5.32 Å². The molecule has 0 aromatic carbocycles. The van der Waals surface area contributed by atoms with Crippen LogP contribution in [0, 0.1) is 5.92 Å². The Kier molecular flexibility index (Phi) is 4.36. The van der Waals surface area contributed by atoms with Gasteiger partial charge in [-0.2, -0.15) is 0 Å². The molecule has 0 saturated carbocycles. The maximum Gasteiger partial charge on any atom is 0.323 e. The van der Waals surface area contributed by atoms with Gasteiger partial charge in [-0.05, 0) is 39.5 Å². The molecule has 1 saturated heterocycles. The standard InChI is InChI=1S/C13H25NO2/c1-6-7-10-9(2)8-11(14-10)12(15)16-13(3,4)5/h9-11,14H,6-8H2,1-5H3. The van der Waals surface area contributed by atoms with E-state index in [1.807, 2.05) is 20.8 Å². The summed E-state index contributed by atoms with van der Waals surface area (Å²) in [6.07, 6.45) is 3.20. The first kappa shape index (κ1) is 13.5. The summed E-state index contributed by atoms with van der Waals surface area (Å²) in [5.41, 5.74) is -0.384. The number of rotatable bonds is 3. The fourth-order valence-corrected chi connectivity index (χ4v) is 2.24. The maximum absolute atomic E-state index is 11.9. The van der Waals surface area contributed by atoms with Crippen LogP contribution in [0.4, 0.5) is 0 Å². The largest absolute Gasteiger partial charge is 0.459 e. The summed E-state index contributed by atoms with van der Waals surface area (Å²) >= 11 is 0. The third kappa shape index (κ3) is 3.78. The minimum Gasteiger partial charge on any atom is -0.459 e. The average molecular weight is 227 g/mol. The van der Waals surface area contributed by atoms with E-state index in [4.69, 9.17) is 4.74 Å². The normalized spacial score (nSPS) is 30.4. The molecule has 1 aliphatic rings. The molecule has 0 spiro atoms. The number of carbonyl (C=O) groups excluding carboxylic acids is 1. The Balaban J connectivity index is 2.48.